The van der Waals surface area contributed by atoms with Crippen molar-refractivity contribution in [2.45, 2.75) is 6.54 Å². The van der Waals surface area contributed by atoms with Crippen molar-refractivity contribution < 1.29 is 14.7 Å². The van der Waals surface area contributed by atoms with Crippen LogP contribution in [0.2, 0.25) is 0 Å². The summed E-state index contributed by atoms with van der Waals surface area (Å²) in [6.45, 7) is 0.343. The van der Waals surface area contributed by atoms with E-state index in [0.29, 0.717) is 12.1 Å². The van der Waals surface area contributed by atoms with Gasteiger partial charge in [-0.3, -0.25) is 4.79 Å². The van der Waals surface area contributed by atoms with Crippen molar-refractivity contribution in [1.82, 2.24) is 4.90 Å². The van der Waals surface area contributed by atoms with E-state index in [1.165, 1.54) is 11.9 Å². The van der Waals surface area contributed by atoms with Crippen molar-refractivity contribution in [1.29, 1.82) is 0 Å². The molecular formula is C16H15NO3. The van der Waals surface area contributed by atoms with E-state index in [1.807, 2.05) is 36.4 Å². The average molecular weight is 269 g/mol. The van der Waals surface area contributed by atoms with E-state index in [0.717, 1.165) is 23.0 Å². The Morgan fingerprint density at radius 3 is 2.45 bits per heavy atom. The van der Waals surface area contributed by atoms with Gasteiger partial charge < -0.3 is 10.0 Å². The number of amides is 1. The standard InChI is InChI=1S/C16H15NO3/c1-17(16(19)20)10-13-3-2-4-15(9-13)14-7-5-12(11-18)6-8-14/h2-9,11H,10H2,1H3,(H,19,20). The van der Waals surface area contributed by atoms with Gasteiger partial charge in [0, 0.05) is 19.2 Å². The summed E-state index contributed by atoms with van der Waals surface area (Å²) in [5.41, 5.74) is 3.55. The molecule has 0 aliphatic rings. The monoisotopic (exact) mass is 269 g/mol. The average Bonchev–Trinajstić information content (AvgIpc) is 2.47. The third kappa shape index (κ3) is 3.23. The minimum Gasteiger partial charge on any atom is -0.465 e. The number of carboxylic acid groups (broad SMARTS) is 1. The molecule has 4 heteroatoms. The maximum absolute atomic E-state index is 10.8. The van der Waals surface area contributed by atoms with Gasteiger partial charge in [0.2, 0.25) is 0 Å². The lowest BCUT2D eigenvalue weighted by Gasteiger charge is -2.13. The predicted octanol–water partition coefficient (Wildman–Crippen LogP) is 3.28. The van der Waals surface area contributed by atoms with Gasteiger partial charge in [0.1, 0.15) is 6.29 Å². The van der Waals surface area contributed by atoms with Crippen LogP contribution in [0.1, 0.15) is 15.9 Å². The summed E-state index contributed by atoms with van der Waals surface area (Å²) >= 11 is 0. The molecule has 2 aromatic carbocycles. The number of hydrogen-bond acceptors (Lipinski definition) is 2. The van der Waals surface area contributed by atoms with Crippen LogP contribution in [0.15, 0.2) is 48.5 Å². The van der Waals surface area contributed by atoms with Crippen molar-refractivity contribution in [3.05, 3.63) is 59.7 Å². The molecule has 0 heterocycles. The van der Waals surface area contributed by atoms with Crippen LogP contribution in [0.3, 0.4) is 0 Å². The van der Waals surface area contributed by atoms with Gasteiger partial charge in [-0.15, -0.1) is 0 Å². The molecule has 20 heavy (non-hydrogen) atoms. The van der Waals surface area contributed by atoms with E-state index in [4.69, 9.17) is 5.11 Å². The van der Waals surface area contributed by atoms with Crippen LogP contribution in [0.25, 0.3) is 11.1 Å². The summed E-state index contributed by atoms with van der Waals surface area (Å²) in [5.74, 6) is 0. The molecule has 0 spiro atoms. The molecule has 1 N–H and O–H groups in total. The van der Waals surface area contributed by atoms with Gasteiger partial charge in [-0.25, -0.2) is 4.79 Å². The lowest BCUT2D eigenvalue weighted by molar-refractivity contribution is 0.112. The Kier molecular flexibility index (Phi) is 4.15. The van der Waals surface area contributed by atoms with Crippen molar-refractivity contribution in [3.8, 4) is 11.1 Å². The van der Waals surface area contributed by atoms with Crippen LogP contribution in [0.4, 0.5) is 4.79 Å². The smallest absolute Gasteiger partial charge is 0.407 e. The van der Waals surface area contributed by atoms with Crippen LogP contribution in [-0.2, 0) is 6.54 Å². The second-order valence-electron chi connectivity index (χ2n) is 4.58. The first-order chi connectivity index (χ1) is 9.60. The molecule has 0 saturated heterocycles. The molecule has 102 valence electrons. The van der Waals surface area contributed by atoms with E-state index in [2.05, 4.69) is 0 Å². The SMILES string of the molecule is CN(Cc1cccc(-c2ccc(C=O)cc2)c1)C(=O)O. The van der Waals surface area contributed by atoms with Crippen LogP contribution >= 0.6 is 0 Å². The second-order valence-corrected chi connectivity index (χ2v) is 4.58. The first-order valence-electron chi connectivity index (χ1n) is 6.19. The predicted molar refractivity (Wildman–Crippen MR) is 76.8 cm³/mol. The van der Waals surface area contributed by atoms with Crippen LogP contribution in [0, 0.1) is 0 Å². The summed E-state index contributed by atoms with van der Waals surface area (Å²) in [7, 11) is 1.54. The normalized spacial score (nSPS) is 10.1. The zero-order valence-electron chi connectivity index (χ0n) is 11.1. The zero-order valence-corrected chi connectivity index (χ0v) is 11.1. The molecule has 0 radical (unpaired) electrons. The first-order valence-corrected chi connectivity index (χ1v) is 6.19. The largest absolute Gasteiger partial charge is 0.465 e. The zero-order chi connectivity index (χ0) is 14.5. The van der Waals surface area contributed by atoms with Gasteiger partial charge in [0.05, 0.1) is 0 Å². The van der Waals surface area contributed by atoms with Gasteiger partial charge in [-0.1, -0.05) is 42.5 Å². The molecule has 0 aliphatic carbocycles. The lowest BCUT2D eigenvalue weighted by atomic mass is 10.0. The molecule has 4 nitrogen and oxygen atoms in total. The van der Waals surface area contributed by atoms with Gasteiger partial charge in [-0.05, 0) is 22.8 Å². The summed E-state index contributed by atoms with van der Waals surface area (Å²) < 4.78 is 0. The maximum Gasteiger partial charge on any atom is 0.407 e. The molecule has 0 saturated carbocycles. The number of aldehydes is 1. The highest BCUT2D eigenvalue weighted by molar-refractivity contribution is 5.77. The fourth-order valence-electron chi connectivity index (χ4n) is 1.94. The highest BCUT2D eigenvalue weighted by Crippen LogP contribution is 2.21. The minimum atomic E-state index is -0.953. The van der Waals surface area contributed by atoms with E-state index < -0.39 is 6.09 Å². The molecule has 0 atom stereocenters. The van der Waals surface area contributed by atoms with E-state index in [1.54, 1.807) is 12.1 Å². The van der Waals surface area contributed by atoms with Crippen LogP contribution in [-0.4, -0.2) is 29.4 Å². The summed E-state index contributed by atoms with van der Waals surface area (Å²) in [4.78, 5) is 22.7. The third-order valence-electron chi connectivity index (χ3n) is 3.05. The number of carbonyl (C=O) groups excluding carboxylic acids is 1. The Morgan fingerprint density at radius 1 is 1.15 bits per heavy atom. The Balaban J connectivity index is 2.24. The fraction of sp³-hybridized carbons (Fsp3) is 0.125. The number of carbonyl (C=O) groups is 2. The van der Waals surface area contributed by atoms with Crippen molar-refractivity contribution in [2.75, 3.05) is 7.05 Å². The minimum absolute atomic E-state index is 0.343. The molecular weight excluding hydrogens is 254 g/mol. The fourth-order valence-corrected chi connectivity index (χ4v) is 1.94. The summed E-state index contributed by atoms with van der Waals surface area (Å²) in [6.07, 6.45) is -0.145. The molecule has 2 aromatic rings. The second kappa shape index (κ2) is 6.02. The quantitative estimate of drug-likeness (QED) is 0.866. The Morgan fingerprint density at radius 2 is 1.85 bits per heavy atom. The van der Waals surface area contributed by atoms with Gasteiger partial charge in [0.15, 0.2) is 0 Å². The molecule has 1 amide bonds. The molecule has 0 fully saturated rings. The van der Waals surface area contributed by atoms with Crippen LogP contribution < -0.4 is 0 Å². The topological polar surface area (TPSA) is 57.6 Å². The van der Waals surface area contributed by atoms with Gasteiger partial charge >= 0.3 is 6.09 Å². The van der Waals surface area contributed by atoms with Crippen molar-refractivity contribution >= 4 is 12.4 Å². The van der Waals surface area contributed by atoms with Crippen molar-refractivity contribution in [2.24, 2.45) is 0 Å². The Labute approximate surface area is 117 Å². The summed E-state index contributed by atoms with van der Waals surface area (Å²) in [6, 6.07) is 15.0. The first kappa shape index (κ1) is 13.8. The molecule has 0 bridgehead atoms. The molecule has 2 rings (SSSR count). The van der Waals surface area contributed by atoms with Crippen molar-refractivity contribution in [3.63, 3.8) is 0 Å². The highest BCUT2D eigenvalue weighted by atomic mass is 16.4. The highest BCUT2D eigenvalue weighted by Gasteiger charge is 2.07. The molecule has 0 aliphatic heterocycles. The maximum atomic E-state index is 10.8. The summed E-state index contributed by atoms with van der Waals surface area (Å²) in [5, 5.41) is 8.88. The number of nitrogens with zero attached hydrogens (tertiary/aromatic N) is 1. The lowest BCUT2D eigenvalue weighted by Crippen LogP contribution is -2.23. The molecule has 0 unspecified atom stereocenters. The Bertz CT molecular complexity index is 620. The van der Waals surface area contributed by atoms with E-state index >= 15 is 0 Å². The van der Waals surface area contributed by atoms with Gasteiger partial charge in [-0.2, -0.15) is 0 Å². The molecule has 0 aromatic heterocycles. The number of benzene rings is 2. The number of rotatable bonds is 4. The van der Waals surface area contributed by atoms with E-state index in [9.17, 15) is 9.59 Å². The van der Waals surface area contributed by atoms with Gasteiger partial charge in [0.25, 0.3) is 0 Å². The Hall–Kier alpha value is -2.62. The van der Waals surface area contributed by atoms with E-state index in [-0.39, 0.29) is 0 Å². The third-order valence-corrected chi connectivity index (χ3v) is 3.05. The number of hydrogen-bond donors (Lipinski definition) is 1. The van der Waals surface area contributed by atoms with Crippen LogP contribution in [0.5, 0.6) is 0 Å².